The van der Waals surface area contributed by atoms with Crippen molar-refractivity contribution in [1.82, 2.24) is 5.32 Å². The van der Waals surface area contributed by atoms with Crippen LogP contribution in [0.5, 0.6) is 0 Å². The first-order valence-electron chi connectivity index (χ1n) is 5.32. The molecule has 0 aliphatic rings. The van der Waals surface area contributed by atoms with Gasteiger partial charge >= 0.3 is 0 Å². The minimum Gasteiger partial charge on any atom is -0.348 e. The van der Waals surface area contributed by atoms with Crippen molar-refractivity contribution in [2.75, 3.05) is 6.54 Å². The Morgan fingerprint density at radius 2 is 1.86 bits per heavy atom. The lowest BCUT2D eigenvalue weighted by Gasteiger charge is -2.32. The Morgan fingerprint density at radius 1 is 1.36 bits per heavy atom. The van der Waals surface area contributed by atoms with Gasteiger partial charge in [-0.3, -0.25) is 4.79 Å². The maximum atomic E-state index is 11.6. The number of nitrogens with one attached hydrogen (secondary N) is 1. The Morgan fingerprint density at radius 3 is 2.14 bits per heavy atom. The molecule has 14 heavy (non-hydrogen) atoms. The van der Waals surface area contributed by atoms with E-state index >= 15 is 0 Å². The molecule has 4 heteroatoms. The van der Waals surface area contributed by atoms with Crippen LogP contribution in [0, 0.1) is 0 Å². The van der Waals surface area contributed by atoms with Gasteiger partial charge in [0.1, 0.15) is 0 Å². The third-order valence-corrected chi connectivity index (χ3v) is 2.91. The minimum atomic E-state index is -0.418. The van der Waals surface area contributed by atoms with Crippen molar-refractivity contribution in [3.05, 3.63) is 0 Å². The van der Waals surface area contributed by atoms with Crippen molar-refractivity contribution in [1.29, 1.82) is 0 Å². The van der Waals surface area contributed by atoms with Crippen LogP contribution in [-0.4, -0.2) is 24.0 Å². The Bertz CT molecular complexity index is 170. The van der Waals surface area contributed by atoms with Gasteiger partial charge in [-0.25, -0.2) is 0 Å². The highest BCUT2D eigenvalue weighted by molar-refractivity contribution is 5.82. The maximum absolute atomic E-state index is 11.6. The Kier molecular flexibility index (Phi) is 5.72. The number of hydrogen-bond donors (Lipinski definition) is 3. The third-order valence-electron chi connectivity index (χ3n) is 2.91. The summed E-state index contributed by atoms with van der Waals surface area (Å²) in [5.41, 5.74) is 11.0. The largest absolute Gasteiger partial charge is 0.348 e. The van der Waals surface area contributed by atoms with E-state index in [4.69, 9.17) is 11.5 Å². The summed E-state index contributed by atoms with van der Waals surface area (Å²) in [6, 6.07) is -0.418. The molecule has 0 saturated carbocycles. The summed E-state index contributed by atoms with van der Waals surface area (Å²) in [6.45, 7) is 6.40. The van der Waals surface area contributed by atoms with E-state index in [0.29, 0.717) is 13.0 Å². The van der Waals surface area contributed by atoms with E-state index in [9.17, 15) is 4.79 Å². The molecule has 84 valence electrons. The van der Waals surface area contributed by atoms with Crippen LogP contribution in [0.4, 0.5) is 0 Å². The van der Waals surface area contributed by atoms with E-state index in [-0.39, 0.29) is 11.4 Å². The molecule has 0 aromatic heterocycles. The van der Waals surface area contributed by atoms with Crippen LogP contribution in [0.3, 0.4) is 0 Å². The van der Waals surface area contributed by atoms with Crippen LogP contribution in [0.15, 0.2) is 0 Å². The van der Waals surface area contributed by atoms with E-state index < -0.39 is 6.04 Å². The average molecular weight is 201 g/mol. The molecule has 0 saturated heterocycles. The van der Waals surface area contributed by atoms with Gasteiger partial charge in [-0.15, -0.1) is 0 Å². The topological polar surface area (TPSA) is 81.1 Å². The van der Waals surface area contributed by atoms with Crippen molar-refractivity contribution in [3.8, 4) is 0 Å². The van der Waals surface area contributed by atoms with Crippen molar-refractivity contribution < 1.29 is 4.79 Å². The monoisotopic (exact) mass is 201 g/mol. The van der Waals surface area contributed by atoms with Gasteiger partial charge in [0, 0.05) is 6.54 Å². The second-order valence-corrected chi connectivity index (χ2v) is 3.70. The Labute approximate surface area is 86.4 Å². The molecule has 0 rings (SSSR count). The zero-order valence-corrected chi connectivity index (χ0v) is 9.47. The standard InChI is InChI=1S/C10H23N3O/c1-4-8(12)9(14)13-10(5-2,6-3)7-11/h8H,4-7,11-12H2,1-3H3,(H,13,14)/t8-/m0/s1. The minimum absolute atomic E-state index is 0.0957. The van der Waals surface area contributed by atoms with Gasteiger partial charge in [0.15, 0.2) is 0 Å². The molecule has 0 spiro atoms. The second kappa shape index (κ2) is 5.98. The lowest BCUT2D eigenvalue weighted by atomic mass is 9.92. The summed E-state index contributed by atoms with van der Waals surface area (Å²) in [5, 5.41) is 2.94. The molecular formula is C10H23N3O. The van der Waals surface area contributed by atoms with Gasteiger partial charge in [0.2, 0.25) is 5.91 Å². The van der Waals surface area contributed by atoms with Crippen molar-refractivity contribution in [3.63, 3.8) is 0 Å². The SMILES string of the molecule is CC[C@H](N)C(=O)NC(CC)(CC)CN. The molecule has 0 heterocycles. The van der Waals surface area contributed by atoms with Crippen LogP contribution in [-0.2, 0) is 4.79 Å². The van der Waals surface area contributed by atoms with Gasteiger partial charge < -0.3 is 16.8 Å². The first-order valence-corrected chi connectivity index (χ1v) is 5.32. The normalized spacial score (nSPS) is 13.8. The molecule has 0 aliphatic carbocycles. The van der Waals surface area contributed by atoms with Crippen LogP contribution >= 0.6 is 0 Å². The summed E-state index contributed by atoms with van der Waals surface area (Å²) < 4.78 is 0. The van der Waals surface area contributed by atoms with E-state index in [1.807, 2.05) is 20.8 Å². The van der Waals surface area contributed by atoms with E-state index in [1.54, 1.807) is 0 Å². The third kappa shape index (κ3) is 3.27. The van der Waals surface area contributed by atoms with Gasteiger partial charge in [0.05, 0.1) is 11.6 Å². The van der Waals surface area contributed by atoms with Gasteiger partial charge in [0.25, 0.3) is 0 Å². The number of amides is 1. The summed E-state index contributed by atoms with van der Waals surface area (Å²) in [7, 11) is 0. The number of rotatable bonds is 6. The molecule has 0 aromatic rings. The van der Waals surface area contributed by atoms with Gasteiger partial charge in [-0.1, -0.05) is 20.8 Å². The molecule has 0 aromatic carbocycles. The lowest BCUT2D eigenvalue weighted by Crippen LogP contribution is -2.56. The number of nitrogens with two attached hydrogens (primary N) is 2. The fourth-order valence-corrected chi connectivity index (χ4v) is 1.31. The first kappa shape index (κ1) is 13.4. The molecule has 0 fully saturated rings. The molecule has 0 radical (unpaired) electrons. The number of carbonyl (C=O) groups excluding carboxylic acids is 1. The molecule has 0 bridgehead atoms. The highest BCUT2D eigenvalue weighted by Gasteiger charge is 2.27. The average Bonchev–Trinajstić information content (AvgIpc) is 2.24. The molecule has 0 aliphatic heterocycles. The van der Waals surface area contributed by atoms with Crippen LogP contribution in [0.1, 0.15) is 40.0 Å². The molecule has 4 nitrogen and oxygen atoms in total. The van der Waals surface area contributed by atoms with Crippen molar-refractivity contribution in [2.45, 2.75) is 51.6 Å². The van der Waals surface area contributed by atoms with Crippen molar-refractivity contribution in [2.24, 2.45) is 11.5 Å². The first-order chi connectivity index (χ1) is 6.55. The second-order valence-electron chi connectivity index (χ2n) is 3.70. The smallest absolute Gasteiger partial charge is 0.237 e. The maximum Gasteiger partial charge on any atom is 0.237 e. The van der Waals surface area contributed by atoms with E-state index in [2.05, 4.69) is 5.32 Å². The predicted molar refractivity (Wildman–Crippen MR) is 58.8 cm³/mol. The molecular weight excluding hydrogens is 178 g/mol. The quantitative estimate of drug-likeness (QED) is 0.580. The van der Waals surface area contributed by atoms with Crippen molar-refractivity contribution >= 4 is 5.91 Å². The predicted octanol–water partition coefficient (Wildman–Crippen LogP) is 0.357. The fourth-order valence-electron chi connectivity index (χ4n) is 1.31. The summed E-state index contributed by atoms with van der Waals surface area (Å²) >= 11 is 0. The van der Waals surface area contributed by atoms with Crippen LogP contribution in [0.2, 0.25) is 0 Å². The van der Waals surface area contributed by atoms with Crippen LogP contribution < -0.4 is 16.8 Å². The van der Waals surface area contributed by atoms with Gasteiger partial charge in [-0.2, -0.15) is 0 Å². The molecule has 5 N–H and O–H groups in total. The van der Waals surface area contributed by atoms with E-state index in [1.165, 1.54) is 0 Å². The number of hydrogen-bond acceptors (Lipinski definition) is 3. The highest BCUT2D eigenvalue weighted by atomic mass is 16.2. The summed E-state index contributed by atoms with van der Waals surface area (Å²) in [5.74, 6) is -0.0957. The molecule has 1 amide bonds. The van der Waals surface area contributed by atoms with Crippen LogP contribution in [0.25, 0.3) is 0 Å². The zero-order chi connectivity index (χ0) is 11.2. The summed E-state index contributed by atoms with van der Waals surface area (Å²) in [4.78, 5) is 11.6. The highest BCUT2D eigenvalue weighted by Crippen LogP contribution is 2.13. The lowest BCUT2D eigenvalue weighted by molar-refractivity contribution is -0.124. The van der Waals surface area contributed by atoms with E-state index in [0.717, 1.165) is 12.8 Å². The fraction of sp³-hybridized carbons (Fsp3) is 0.900. The number of carbonyl (C=O) groups is 1. The zero-order valence-electron chi connectivity index (χ0n) is 9.47. The summed E-state index contributed by atoms with van der Waals surface area (Å²) in [6.07, 6.45) is 2.32. The molecule has 1 atom stereocenters. The van der Waals surface area contributed by atoms with Gasteiger partial charge in [-0.05, 0) is 19.3 Å². The Balaban J connectivity index is 4.37. The Hall–Kier alpha value is -0.610. The molecule has 0 unspecified atom stereocenters.